The molecule has 37 heavy (non-hydrogen) atoms. The normalized spacial score (nSPS) is 19.4. The molecule has 0 amide bonds. The Hall–Kier alpha value is -3.83. The fourth-order valence-electron chi connectivity index (χ4n) is 5.35. The number of carbonyl (C=O) groups excluding carboxylic acids is 1. The molecule has 0 saturated heterocycles. The first-order valence-electron chi connectivity index (χ1n) is 12.4. The van der Waals surface area contributed by atoms with E-state index in [4.69, 9.17) is 9.47 Å². The van der Waals surface area contributed by atoms with Crippen molar-refractivity contribution in [2.24, 2.45) is 0 Å². The number of ether oxygens (including phenoxy) is 2. The topological polar surface area (TPSA) is 55.8 Å². The van der Waals surface area contributed by atoms with Crippen LogP contribution in [0.25, 0.3) is 11.1 Å². The number of benzene rings is 4. The van der Waals surface area contributed by atoms with Crippen molar-refractivity contribution >= 4 is 16.9 Å². The number of aliphatic hydroxyl groups is 1. The van der Waals surface area contributed by atoms with Crippen molar-refractivity contribution in [3.8, 4) is 0 Å². The molecule has 1 aliphatic rings. The van der Waals surface area contributed by atoms with Crippen molar-refractivity contribution in [2.45, 2.75) is 24.7 Å². The third kappa shape index (κ3) is 4.56. The van der Waals surface area contributed by atoms with E-state index in [-0.39, 0.29) is 5.78 Å². The standard InChI is InChI=1S/C33H30O4/c1-36-21-23-13-17-25(18-14-23)29-30(26-9-5-3-6-10-26)33(35,28-11-7-4-8-12-28)31(32(29)34)27-19-15-24(16-20-27)22-37-2/h3-20,31,35H,21-22H2,1-2H3. The Morgan fingerprint density at radius 1 is 0.676 bits per heavy atom. The molecule has 0 radical (unpaired) electrons. The summed E-state index contributed by atoms with van der Waals surface area (Å²) in [6, 6.07) is 34.8. The lowest BCUT2D eigenvalue weighted by Crippen LogP contribution is -2.34. The molecule has 4 aromatic rings. The average molecular weight is 491 g/mol. The van der Waals surface area contributed by atoms with Gasteiger partial charge in [0.05, 0.1) is 19.1 Å². The summed E-state index contributed by atoms with van der Waals surface area (Å²) in [5.74, 6) is -0.917. The predicted molar refractivity (Wildman–Crippen MR) is 146 cm³/mol. The van der Waals surface area contributed by atoms with Crippen molar-refractivity contribution in [3.63, 3.8) is 0 Å². The van der Waals surface area contributed by atoms with Gasteiger partial charge in [-0.1, -0.05) is 109 Å². The molecule has 0 aliphatic heterocycles. The van der Waals surface area contributed by atoms with Gasteiger partial charge in [-0.3, -0.25) is 4.79 Å². The lowest BCUT2D eigenvalue weighted by molar-refractivity contribution is -0.118. The van der Waals surface area contributed by atoms with Crippen molar-refractivity contribution < 1.29 is 19.4 Å². The summed E-state index contributed by atoms with van der Waals surface area (Å²) >= 11 is 0. The van der Waals surface area contributed by atoms with Crippen LogP contribution in [0.1, 0.15) is 39.3 Å². The molecule has 0 spiro atoms. The first-order chi connectivity index (χ1) is 18.1. The highest BCUT2D eigenvalue weighted by Crippen LogP contribution is 2.56. The Bertz CT molecular complexity index is 1390. The molecule has 186 valence electrons. The Balaban J connectivity index is 1.76. The molecule has 2 unspecified atom stereocenters. The summed E-state index contributed by atoms with van der Waals surface area (Å²) in [6.07, 6.45) is 0. The van der Waals surface area contributed by atoms with E-state index in [2.05, 4.69) is 0 Å². The maximum atomic E-state index is 14.4. The minimum absolute atomic E-state index is 0.107. The van der Waals surface area contributed by atoms with Gasteiger partial charge >= 0.3 is 0 Å². The zero-order valence-electron chi connectivity index (χ0n) is 21.1. The van der Waals surface area contributed by atoms with Crippen LogP contribution in [0.5, 0.6) is 0 Å². The van der Waals surface area contributed by atoms with E-state index < -0.39 is 11.5 Å². The second-order valence-electron chi connectivity index (χ2n) is 9.35. The molecule has 0 fully saturated rings. The third-order valence-electron chi connectivity index (χ3n) is 7.01. The van der Waals surface area contributed by atoms with Crippen LogP contribution in [0.15, 0.2) is 109 Å². The Morgan fingerprint density at radius 3 is 1.73 bits per heavy atom. The van der Waals surface area contributed by atoms with Gasteiger partial charge in [0, 0.05) is 25.4 Å². The number of ketones is 1. The number of rotatable bonds is 8. The van der Waals surface area contributed by atoms with Crippen LogP contribution in [-0.4, -0.2) is 25.1 Å². The van der Waals surface area contributed by atoms with Crippen LogP contribution in [0, 0.1) is 0 Å². The maximum Gasteiger partial charge on any atom is 0.174 e. The molecule has 0 saturated carbocycles. The minimum atomic E-state index is -1.57. The lowest BCUT2D eigenvalue weighted by Gasteiger charge is -2.33. The second-order valence-corrected chi connectivity index (χ2v) is 9.35. The number of methoxy groups -OCH3 is 2. The second kappa shape index (κ2) is 10.7. The number of carbonyl (C=O) groups is 1. The number of allylic oxidation sites excluding steroid dienone is 1. The molecular formula is C33H30O4. The number of Topliss-reactive ketones (excluding diaryl/α,β-unsaturated/α-hetero) is 1. The van der Waals surface area contributed by atoms with E-state index in [0.29, 0.717) is 29.9 Å². The van der Waals surface area contributed by atoms with Crippen molar-refractivity contribution in [3.05, 3.63) is 143 Å². The maximum absolute atomic E-state index is 14.4. The van der Waals surface area contributed by atoms with Crippen molar-refractivity contribution in [1.29, 1.82) is 0 Å². The molecule has 0 aromatic heterocycles. The highest BCUT2D eigenvalue weighted by atomic mass is 16.5. The van der Waals surface area contributed by atoms with Gasteiger partial charge in [-0.2, -0.15) is 0 Å². The highest BCUT2D eigenvalue weighted by Gasteiger charge is 2.55. The largest absolute Gasteiger partial charge is 0.380 e. The Labute approximate surface area is 217 Å². The quantitative estimate of drug-likeness (QED) is 0.322. The van der Waals surface area contributed by atoms with Crippen molar-refractivity contribution in [2.75, 3.05) is 14.2 Å². The van der Waals surface area contributed by atoms with Crippen molar-refractivity contribution in [1.82, 2.24) is 0 Å². The van der Waals surface area contributed by atoms with Gasteiger partial charge < -0.3 is 14.6 Å². The van der Waals surface area contributed by atoms with Crippen LogP contribution in [0.4, 0.5) is 0 Å². The zero-order chi connectivity index (χ0) is 25.8. The average Bonchev–Trinajstić information content (AvgIpc) is 3.18. The van der Waals surface area contributed by atoms with Crippen LogP contribution in [0.2, 0.25) is 0 Å². The van der Waals surface area contributed by atoms with Gasteiger partial charge in [0.15, 0.2) is 5.78 Å². The first-order valence-corrected chi connectivity index (χ1v) is 12.4. The molecule has 1 N–H and O–H groups in total. The molecule has 4 nitrogen and oxygen atoms in total. The van der Waals surface area contributed by atoms with Gasteiger partial charge in [-0.05, 0) is 33.4 Å². The smallest absolute Gasteiger partial charge is 0.174 e. The molecule has 4 heteroatoms. The lowest BCUT2D eigenvalue weighted by atomic mass is 9.74. The third-order valence-corrected chi connectivity index (χ3v) is 7.01. The van der Waals surface area contributed by atoms with E-state index >= 15 is 0 Å². The Kier molecular flexibility index (Phi) is 7.15. The minimum Gasteiger partial charge on any atom is -0.380 e. The van der Waals surface area contributed by atoms with E-state index in [1.807, 2.05) is 109 Å². The van der Waals surface area contributed by atoms with Crippen LogP contribution in [-0.2, 0) is 33.1 Å². The summed E-state index contributed by atoms with van der Waals surface area (Å²) in [6.45, 7) is 0.970. The summed E-state index contributed by atoms with van der Waals surface area (Å²) in [7, 11) is 3.32. The fraction of sp³-hybridized carbons (Fsp3) is 0.182. The van der Waals surface area contributed by atoms with Crippen LogP contribution < -0.4 is 0 Å². The van der Waals surface area contributed by atoms with Crippen LogP contribution >= 0.6 is 0 Å². The van der Waals surface area contributed by atoms with E-state index in [1.54, 1.807) is 14.2 Å². The van der Waals surface area contributed by atoms with E-state index in [1.165, 1.54) is 0 Å². The predicted octanol–water partition coefficient (Wildman–Crippen LogP) is 6.14. The molecule has 0 bridgehead atoms. The van der Waals surface area contributed by atoms with E-state index in [9.17, 15) is 9.90 Å². The van der Waals surface area contributed by atoms with Gasteiger partial charge in [0.25, 0.3) is 0 Å². The number of hydrogen-bond acceptors (Lipinski definition) is 4. The molecule has 0 heterocycles. The SMILES string of the molecule is COCc1ccc(C2=C(c3ccccc3)C(O)(c3ccccc3)C(c3ccc(COC)cc3)C2=O)cc1. The van der Waals surface area contributed by atoms with E-state index in [0.717, 1.165) is 27.8 Å². The highest BCUT2D eigenvalue weighted by molar-refractivity contribution is 6.35. The summed E-state index contributed by atoms with van der Waals surface area (Å²) in [4.78, 5) is 14.4. The molecule has 4 aromatic carbocycles. The van der Waals surface area contributed by atoms with Crippen LogP contribution in [0.3, 0.4) is 0 Å². The summed E-state index contributed by atoms with van der Waals surface area (Å²) in [5, 5.41) is 12.8. The molecular weight excluding hydrogens is 460 g/mol. The summed E-state index contributed by atoms with van der Waals surface area (Å²) < 4.78 is 10.5. The molecule has 5 rings (SSSR count). The summed E-state index contributed by atoms with van der Waals surface area (Å²) in [5.41, 5.74) is 4.64. The Morgan fingerprint density at radius 2 is 1.19 bits per heavy atom. The zero-order valence-corrected chi connectivity index (χ0v) is 21.1. The monoisotopic (exact) mass is 490 g/mol. The van der Waals surface area contributed by atoms with Gasteiger partial charge in [0.1, 0.15) is 5.60 Å². The molecule has 1 aliphatic carbocycles. The van der Waals surface area contributed by atoms with Gasteiger partial charge in [-0.25, -0.2) is 0 Å². The fourth-order valence-corrected chi connectivity index (χ4v) is 5.35. The number of hydrogen-bond donors (Lipinski definition) is 1. The molecule has 2 atom stereocenters. The first kappa shape index (κ1) is 24.8. The van der Waals surface area contributed by atoms with Gasteiger partial charge in [0.2, 0.25) is 0 Å². The van der Waals surface area contributed by atoms with Gasteiger partial charge in [-0.15, -0.1) is 0 Å².